The van der Waals surface area contributed by atoms with Crippen molar-refractivity contribution < 1.29 is 10.2 Å². The minimum Gasteiger partial charge on any atom is -0.507 e. The van der Waals surface area contributed by atoms with Crippen molar-refractivity contribution in [3.63, 3.8) is 0 Å². The zero-order chi connectivity index (χ0) is 21.9. The van der Waals surface area contributed by atoms with Crippen molar-refractivity contribution in [1.82, 2.24) is 20.2 Å². The first kappa shape index (κ1) is 23.5. The molecule has 166 valence electrons. The molecule has 0 aliphatic rings. The van der Waals surface area contributed by atoms with E-state index in [2.05, 4.69) is 22.4 Å². The molecule has 1 aromatic heterocycles. The van der Waals surface area contributed by atoms with E-state index in [-0.39, 0.29) is 11.5 Å². The Bertz CT molecular complexity index is 935. The van der Waals surface area contributed by atoms with Crippen LogP contribution in [0.15, 0.2) is 57.4 Å². The Labute approximate surface area is 192 Å². The molecule has 0 spiro atoms. The summed E-state index contributed by atoms with van der Waals surface area (Å²) in [5, 5.41) is 33.3. The van der Waals surface area contributed by atoms with Crippen LogP contribution in [0.25, 0.3) is 5.69 Å². The number of phenolic OH excluding ortho intramolecular Hbond substituents is 2. The third-order valence-electron chi connectivity index (χ3n) is 4.94. The van der Waals surface area contributed by atoms with Gasteiger partial charge in [-0.3, -0.25) is 0 Å². The highest BCUT2D eigenvalue weighted by molar-refractivity contribution is 7.99. The van der Waals surface area contributed by atoms with Crippen molar-refractivity contribution in [2.75, 3.05) is 5.75 Å². The number of tetrazole rings is 1. The van der Waals surface area contributed by atoms with Crippen molar-refractivity contribution in [3.8, 4) is 17.2 Å². The molecule has 0 atom stereocenters. The zero-order valence-corrected chi connectivity index (χ0v) is 19.5. The number of rotatable bonds is 13. The van der Waals surface area contributed by atoms with Crippen LogP contribution >= 0.6 is 23.5 Å². The molecule has 0 saturated heterocycles. The Hall–Kier alpha value is -2.19. The third-order valence-corrected chi connectivity index (χ3v) is 7.05. The molecule has 31 heavy (non-hydrogen) atoms. The van der Waals surface area contributed by atoms with Crippen LogP contribution in [-0.2, 0) is 0 Å². The molecule has 0 aliphatic carbocycles. The highest BCUT2D eigenvalue weighted by Gasteiger charge is 2.15. The lowest BCUT2D eigenvalue weighted by Crippen LogP contribution is -1.98. The number of hydrogen-bond donors (Lipinski definition) is 2. The van der Waals surface area contributed by atoms with Gasteiger partial charge in [-0.1, -0.05) is 70.1 Å². The maximum Gasteiger partial charge on any atom is 0.219 e. The molecule has 6 nitrogen and oxygen atoms in total. The van der Waals surface area contributed by atoms with Gasteiger partial charge >= 0.3 is 0 Å². The molecule has 0 saturated carbocycles. The van der Waals surface area contributed by atoms with Crippen molar-refractivity contribution >= 4 is 23.5 Å². The van der Waals surface area contributed by atoms with Gasteiger partial charge in [0.2, 0.25) is 5.16 Å². The molecule has 0 fully saturated rings. The second-order valence-corrected chi connectivity index (χ2v) is 9.57. The first-order valence-corrected chi connectivity index (χ1v) is 12.7. The van der Waals surface area contributed by atoms with Gasteiger partial charge in [-0.2, -0.15) is 4.68 Å². The predicted octanol–water partition coefficient (Wildman–Crippen LogP) is 6.46. The molecule has 8 heteroatoms. The Morgan fingerprint density at radius 1 is 0.839 bits per heavy atom. The fraction of sp³-hybridized carbons (Fsp3) is 0.435. The van der Waals surface area contributed by atoms with E-state index in [4.69, 9.17) is 0 Å². The quantitative estimate of drug-likeness (QED) is 0.173. The maximum atomic E-state index is 10.5. The number of hydrogen-bond acceptors (Lipinski definition) is 7. The van der Waals surface area contributed by atoms with Crippen LogP contribution in [0.4, 0.5) is 0 Å². The molecular weight excluding hydrogens is 428 g/mol. The summed E-state index contributed by atoms with van der Waals surface area (Å²) in [6.07, 6.45) is 10.2. The van der Waals surface area contributed by atoms with Gasteiger partial charge < -0.3 is 10.2 Å². The van der Waals surface area contributed by atoms with Crippen molar-refractivity contribution in [1.29, 1.82) is 0 Å². The summed E-state index contributed by atoms with van der Waals surface area (Å²) in [5.74, 6) is 1.22. The first-order chi connectivity index (χ1) is 15.2. The summed E-state index contributed by atoms with van der Waals surface area (Å²) in [5.41, 5.74) is 0.830. The summed E-state index contributed by atoms with van der Waals surface area (Å²) in [4.78, 5) is 1.22. The predicted molar refractivity (Wildman–Crippen MR) is 126 cm³/mol. The molecular formula is C23H30N4O2S2. The van der Waals surface area contributed by atoms with Gasteiger partial charge in [-0.15, -0.1) is 16.9 Å². The number of para-hydroxylation sites is 1. The van der Waals surface area contributed by atoms with Crippen LogP contribution < -0.4 is 0 Å². The fourth-order valence-corrected chi connectivity index (χ4v) is 5.03. The number of aromatic nitrogens is 4. The van der Waals surface area contributed by atoms with Crippen LogP contribution in [-0.4, -0.2) is 36.2 Å². The highest BCUT2D eigenvalue weighted by Crippen LogP contribution is 2.41. The number of nitrogens with zero attached hydrogens (tertiary/aromatic N) is 4. The van der Waals surface area contributed by atoms with Crippen molar-refractivity contribution in [3.05, 3.63) is 42.5 Å². The van der Waals surface area contributed by atoms with Gasteiger partial charge in [0.1, 0.15) is 11.5 Å². The normalized spacial score (nSPS) is 11.1. The number of phenols is 2. The number of benzene rings is 2. The van der Waals surface area contributed by atoms with Gasteiger partial charge in [-0.25, -0.2) is 0 Å². The van der Waals surface area contributed by atoms with Crippen molar-refractivity contribution in [2.24, 2.45) is 0 Å². The van der Waals surface area contributed by atoms with Gasteiger partial charge in [0.05, 0.1) is 15.5 Å². The third kappa shape index (κ3) is 7.18. The minimum atomic E-state index is 0.115. The average Bonchev–Trinajstić information content (AvgIpc) is 3.24. The van der Waals surface area contributed by atoms with E-state index in [1.165, 1.54) is 56.7 Å². The monoisotopic (exact) mass is 458 g/mol. The molecule has 3 aromatic rings. The second kappa shape index (κ2) is 12.6. The Morgan fingerprint density at radius 2 is 1.48 bits per heavy atom. The molecule has 0 unspecified atom stereocenters. The Morgan fingerprint density at radius 3 is 2.23 bits per heavy atom. The molecule has 0 bridgehead atoms. The van der Waals surface area contributed by atoms with Gasteiger partial charge in [0.15, 0.2) is 0 Å². The van der Waals surface area contributed by atoms with E-state index in [9.17, 15) is 10.2 Å². The van der Waals surface area contributed by atoms with E-state index in [0.29, 0.717) is 14.9 Å². The van der Waals surface area contributed by atoms with E-state index in [1.807, 2.05) is 30.3 Å². The molecule has 0 radical (unpaired) electrons. The average molecular weight is 459 g/mol. The van der Waals surface area contributed by atoms with Gasteiger partial charge in [0, 0.05) is 0 Å². The number of thioether (sulfide) groups is 1. The summed E-state index contributed by atoms with van der Waals surface area (Å²) >= 11 is 2.80. The SMILES string of the molecule is CCCCCCCCCCSc1cc(O)c(Sc2nnnn2-c2ccccc2)cc1O. The second-order valence-electron chi connectivity index (χ2n) is 7.42. The van der Waals surface area contributed by atoms with Crippen molar-refractivity contribution in [2.45, 2.75) is 73.2 Å². The summed E-state index contributed by atoms with van der Waals surface area (Å²) < 4.78 is 1.60. The summed E-state index contributed by atoms with van der Waals surface area (Å²) in [7, 11) is 0. The van der Waals surface area contributed by atoms with E-state index >= 15 is 0 Å². The lowest BCUT2D eigenvalue weighted by molar-refractivity contribution is 0.438. The van der Waals surface area contributed by atoms with Crippen LogP contribution in [0.3, 0.4) is 0 Å². The van der Waals surface area contributed by atoms with E-state index < -0.39 is 0 Å². The highest BCUT2D eigenvalue weighted by atomic mass is 32.2. The topological polar surface area (TPSA) is 84.1 Å². The first-order valence-electron chi connectivity index (χ1n) is 10.9. The smallest absolute Gasteiger partial charge is 0.219 e. The Balaban J connectivity index is 1.52. The van der Waals surface area contributed by atoms with Crippen LogP contribution in [0.2, 0.25) is 0 Å². The molecule has 1 heterocycles. The summed E-state index contributed by atoms with van der Waals surface area (Å²) in [6, 6.07) is 12.8. The van der Waals surface area contributed by atoms with Crippen LogP contribution in [0.1, 0.15) is 58.3 Å². The number of unbranched alkanes of at least 4 members (excludes halogenated alkanes) is 7. The lowest BCUT2D eigenvalue weighted by Gasteiger charge is -2.10. The zero-order valence-electron chi connectivity index (χ0n) is 17.9. The maximum absolute atomic E-state index is 10.5. The molecule has 0 amide bonds. The largest absolute Gasteiger partial charge is 0.507 e. The van der Waals surface area contributed by atoms with Gasteiger partial charge in [0.25, 0.3) is 0 Å². The van der Waals surface area contributed by atoms with Gasteiger partial charge in [-0.05, 0) is 58.6 Å². The molecule has 2 N–H and O–H groups in total. The molecule has 3 rings (SSSR count). The molecule has 2 aromatic carbocycles. The standard InChI is InChI=1S/C23H30N4O2S2/c1-2-3-4-5-6-7-8-12-15-30-21-16-20(29)22(17-19(21)28)31-23-24-25-26-27(23)18-13-10-9-11-14-18/h9-11,13-14,16-17,28-29H,2-8,12,15H2,1H3. The molecule has 0 aliphatic heterocycles. The van der Waals surface area contributed by atoms with Crippen LogP contribution in [0, 0.1) is 0 Å². The summed E-state index contributed by atoms with van der Waals surface area (Å²) in [6.45, 7) is 2.24. The Kier molecular flexibility index (Phi) is 9.55. The van der Waals surface area contributed by atoms with Crippen LogP contribution in [0.5, 0.6) is 11.5 Å². The number of aromatic hydroxyl groups is 2. The van der Waals surface area contributed by atoms with E-state index in [0.717, 1.165) is 17.9 Å². The lowest BCUT2D eigenvalue weighted by atomic mass is 10.1. The minimum absolute atomic E-state index is 0.115. The fourth-order valence-electron chi connectivity index (χ4n) is 3.23. The van der Waals surface area contributed by atoms with E-state index in [1.54, 1.807) is 28.6 Å².